The number of hydrogen-bond donors (Lipinski definition) is 1. The number of rotatable bonds is 6. The van der Waals surface area contributed by atoms with Gasteiger partial charge in [0.2, 0.25) is 0 Å². The van der Waals surface area contributed by atoms with E-state index in [1.54, 1.807) is 29.0 Å². The number of aromatic nitrogens is 2. The van der Waals surface area contributed by atoms with Crippen LogP contribution < -0.4 is 5.32 Å². The molecule has 8 heteroatoms. The van der Waals surface area contributed by atoms with E-state index in [9.17, 15) is 13.6 Å². The van der Waals surface area contributed by atoms with Crippen molar-refractivity contribution in [3.05, 3.63) is 76.5 Å². The molecule has 0 saturated carbocycles. The van der Waals surface area contributed by atoms with Crippen molar-refractivity contribution in [2.24, 2.45) is 7.05 Å². The van der Waals surface area contributed by atoms with Crippen LogP contribution in [0, 0.1) is 11.6 Å². The van der Waals surface area contributed by atoms with E-state index in [0.717, 1.165) is 30.2 Å². The molecule has 0 bridgehead atoms. The number of hydrogen-bond acceptors (Lipinski definition) is 4. The highest BCUT2D eigenvalue weighted by Gasteiger charge is 2.29. The fourth-order valence-corrected chi connectivity index (χ4v) is 4.00. The van der Waals surface area contributed by atoms with Crippen LogP contribution in [0.2, 0.25) is 0 Å². The molecule has 0 aliphatic heterocycles. The molecular weight excluding hydrogens is 390 g/mol. The van der Waals surface area contributed by atoms with E-state index in [1.165, 1.54) is 12.1 Å². The van der Waals surface area contributed by atoms with Gasteiger partial charge in [0.25, 0.3) is 5.91 Å². The standard InChI is InChI=1S/C22H24F2N4O2/c1-27(13-18-4-3-7-30-18)22(29)21-19-11-17(5-6-20(19)28(2)26-21)25-12-14-8-15(23)10-16(24)9-14/h3-4,7-10,17,25H,5-6,11-13H2,1-2H3. The second-order valence-corrected chi connectivity index (χ2v) is 7.74. The fourth-order valence-electron chi connectivity index (χ4n) is 4.00. The van der Waals surface area contributed by atoms with Gasteiger partial charge >= 0.3 is 0 Å². The molecule has 1 amide bonds. The van der Waals surface area contributed by atoms with Crippen LogP contribution in [0.15, 0.2) is 41.0 Å². The second-order valence-electron chi connectivity index (χ2n) is 7.74. The van der Waals surface area contributed by atoms with Gasteiger partial charge in [-0.2, -0.15) is 5.10 Å². The number of carbonyl (C=O) groups excluding carboxylic acids is 1. The number of nitrogens with zero attached hydrogens (tertiary/aromatic N) is 3. The molecule has 158 valence electrons. The lowest BCUT2D eigenvalue weighted by Crippen LogP contribution is -2.35. The van der Waals surface area contributed by atoms with Crippen molar-refractivity contribution in [1.29, 1.82) is 0 Å². The summed E-state index contributed by atoms with van der Waals surface area (Å²) in [7, 11) is 3.58. The van der Waals surface area contributed by atoms with Gasteiger partial charge in [0.1, 0.15) is 17.4 Å². The predicted octanol–water partition coefficient (Wildman–Crippen LogP) is 3.21. The van der Waals surface area contributed by atoms with Gasteiger partial charge in [-0.3, -0.25) is 9.48 Å². The largest absolute Gasteiger partial charge is 0.467 e. The molecule has 4 rings (SSSR count). The Hall–Kier alpha value is -3.00. The van der Waals surface area contributed by atoms with Gasteiger partial charge in [-0.1, -0.05) is 0 Å². The fraction of sp³-hybridized carbons (Fsp3) is 0.364. The third-order valence-corrected chi connectivity index (χ3v) is 5.49. The monoisotopic (exact) mass is 414 g/mol. The Labute approximate surface area is 173 Å². The molecular formula is C22H24F2N4O2. The minimum atomic E-state index is -0.586. The van der Waals surface area contributed by atoms with E-state index in [4.69, 9.17) is 4.42 Å². The minimum absolute atomic E-state index is 0.0926. The lowest BCUT2D eigenvalue weighted by molar-refractivity contribution is 0.0767. The predicted molar refractivity (Wildman–Crippen MR) is 107 cm³/mol. The number of halogens is 2. The molecule has 1 atom stereocenters. The highest BCUT2D eigenvalue weighted by atomic mass is 19.1. The molecule has 0 saturated heterocycles. The van der Waals surface area contributed by atoms with Crippen molar-refractivity contribution >= 4 is 5.91 Å². The Kier molecular flexibility index (Phi) is 5.67. The van der Waals surface area contributed by atoms with Crippen molar-refractivity contribution in [3.63, 3.8) is 0 Å². The maximum absolute atomic E-state index is 13.4. The number of amides is 1. The molecule has 1 aliphatic rings. The lowest BCUT2D eigenvalue weighted by Gasteiger charge is -2.25. The maximum Gasteiger partial charge on any atom is 0.274 e. The van der Waals surface area contributed by atoms with Crippen LogP contribution in [0.3, 0.4) is 0 Å². The first-order valence-corrected chi connectivity index (χ1v) is 9.91. The van der Waals surface area contributed by atoms with Gasteiger partial charge < -0.3 is 14.6 Å². The summed E-state index contributed by atoms with van der Waals surface area (Å²) < 4.78 is 33.9. The zero-order valence-electron chi connectivity index (χ0n) is 17.0. The SMILES string of the molecule is CN(Cc1ccco1)C(=O)c1nn(C)c2c1CC(NCc1cc(F)cc(F)c1)CC2. The van der Waals surface area contributed by atoms with E-state index in [0.29, 0.717) is 36.5 Å². The van der Waals surface area contributed by atoms with Crippen LogP contribution in [0.4, 0.5) is 8.78 Å². The van der Waals surface area contributed by atoms with E-state index < -0.39 is 11.6 Å². The molecule has 3 aromatic rings. The minimum Gasteiger partial charge on any atom is -0.467 e. The summed E-state index contributed by atoms with van der Waals surface area (Å²) in [6.45, 7) is 0.723. The number of benzene rings is 1. The molecule has 2 aromatic heterocycles. The molecule has 0 spiro atoms. The smallest absolute Gasteiger partial charge is 0.274 e. The first-order valence-electron chi connectivity index (χ1n) is 9.91. The molecule has 1 aromatic carbocycles. The molecule has 30 heavy (non-hydrogen) atoms. The van der Waals surface area contributed by atoms with Crippen molar-refractivity contribution in [2.75, 3.05) is 7.05 Å². The van der Waals surface area contributed by atoms with Gasteiger partial charge in [0, 0.05) is 44.0 Å². The Balaban J connectivity index is 1.46. The molecule has 0 fully saturated rings. The molecule has 1 unspecified atom stereocenters. The highest BCUT2D eigenvalue weighted by molar-refractivity contribution is 5.94. The average Bonchev–Trinajstić information content (AvgIpc) is 3.33. The third-order valence-electron chi connectivity index (χ3n) is 5.49. The van der Waals surface area contributed by atoms with E-state index in [1.807, 2.05) is 13.1 Å². The normalized spacial score (nSPS) is 15.8. The van der Waals surface area contributed by atoms with Gasteiger partial charge in [-0.15, -0.1) is 0 Å². The lowest BCUT2D eigenvalue weighted by atomic mass is 9.91. The molecule has 1 N–H and O–H groups in total. The van der Waals surface area contributed by atoms with Crippen LogP contribution in [-0.4, -0.2) is 33.7 Å². The molecule has 2 heterocycles. The summed E-state index contributed by atoms with van der Waals surface area (Å²) >= 11 is 0. The molecule has 0 radical (unpaired) electrons. The van der Waals surface area contributed by atoms with E-state index in [-0.39, 0.29) is 11.9 Å². The first kappa shape index (κ1) is 20.3. The summed E-state index contributed by atoms with van der Waals surface area (Å²) in [6, 6.07) is 7.22. The van der Waals surface area contributed by atoms with Gasteiger partial charge in [-0.25, -0.2) is 8.78 Å². The van der Waals surface area contributed by atoms with Crippen LogP contribution in [-0.2, 0) is 33.0 Å². The Bertz CT molecular complexity index is 1030. The van der Waals surface area contributed by atoms with Crippen LogP contribution in [0.1, 0.15) is 39.5 Å². The number of nitrogens with one attached hydrogen (secondary N) is 1. The van der Waals surface area contributed by atoms with Crippen LogP contribution in [0.5, 0.6) is 0 Å². The Morgan fingerprint density at radius 3 is 2.80 bits per heavy atom. The Morgan fingerprint density at radius 1 is 1.33 bits per heavy atom. The van der Waals surface area contributed by atoms with E-state index >= 15 is 0 Å². The topological polar surface area (TPSA) is 63.3 Å². The third kappa shape index (κ3) is 4.28. The summed E-state index contributed by atoms with van der Waals surface area (Å²) in [4.78, 5) is 14.6. The maximum atomic E-state index is 13.4. The van der Waals surface area contributed by atoms with Crippen molar-refractivity contribution in [2.45, 2.75) is 38.4 Å². The molecule has 1 aliphatic carbocycles. The number of aryl methyl sites for hydroxylation is 1. The van der Waals surface area contributed by atoms with Crippen LogP contribution in [0.25, 0.3) is 0 Å². The van der Waals surface area contributed by atoms with Gasteiger partial charge in [0.05, 0.1) is 12.8 Å². The summed E-state index contributed by atoms with van der Waals surface area (Å²) in [5, 5.41) is 7.85. The first-order chi connectivity index (χ1) is 14.4. The Morgan fingerprint density at radius 2 is 2.10 bits per heavy atom. The highest BCUT2D eigenvalue weighted by Crippen LogP contribution is 2.26. The number of carbonyl (C=O) groups is 1. The molecule has 6 nitrogen and oxygen atoms in total. The number of fused-ring (bicyclic) bond motifs is 1. The quantitative estimate of drug-likeness (QED) is 0.673. The second kappa shape index (κ2) is 8.39. The van der Waals surface area contributed by atoms with Crippen molar-refractivity contribution < 1.29 is 18.0 Å². The van der Waals surface area contributed by atoms with Crippen molar-refractivity contribution in [1.82, 2.24) is 20.0 Å². The zero-order valence-corrected chi connectivity index (χ0v) is 17.0. The van der Waals surface area contributed by atoms with E-state index in [2.05, 4.69) is 10.4 Å². The summed E-state index contributed by atoms with van der Waals surface area (Å²) in [5.74, 6) is -0.622. The zero-order chi connectivity index (χ0) is 21.3. The van der Waals surface area contributed by atoms with Crippen molar-refractivity contribution in [3.8, 4) is 0 Å². The van der Waals surface area contributed by atoms with Crippen LogP contribution >= 0.6 is 0 Å². The van der Waals surface area contributed by atoms with Gasteiger partial charge in [-0.05, 0) is 49.1 Å². The number of furan rings is 1. The van der Waals surface area contributed by atoms with Gasteiger partial charge in [0.15, 0.2) is 5.69 Å². The summed E-state index contributed by atoms with van der Waals surface area (Å²) in [5.41, 5.74) is 2.99. The average molecular weight is 414 g/mol. The summed E-state index contributed by atoms with van der Waals surface area (Å²) in [6.07, 6.45) is 3.86.